The number of sulfonamides is 1. The molecule has 1 unspecified atom stereocenters. The molecule has 18 heavy (non-hydrogen) atoms. The largest absolute Gasteiger partial charge is 0.313 e. The second-order valence-electron chi connectivity index (χ2n) is 4.76. The molecule has 1 aliphatic heterocycles. The maximum atomic E-state index is 12.2. The Morgan fingerprint density at radius 3 is 2.94 bits per heavy atom. The van der Waals surface area contributed by atoms with Crippen LogP contribution < -0.4 is 5.32 Å². The Kier molecular flexibility index (Phi) is 4.77. The van der Waals surface area contributed by atoms with Gasteiger partial charge >= 0.3 is 0 Å². The SMILES string of the molecule is CN(Cc1cccs1)S(=O)(=O)CC1CCCCN1. The van der Waals surface area contributed by atoms with Crippen molar-refractivity contribution in [3.05, 3.63) is 22.4 Å². The van der Waals surface area contributed by atoms with E-state index in [2.05, 4.69) is 5.32 Å². The van der Waals surface area contributed by atoms with Gasteiger partial charge in [0, 0.05) is 24.5 Å². The first-order valence-electron chi connectivity index (χ1n) is 6.28. The lowest BCUT2D eigenvalue weighted by atomic mass is 10.1. The molecule has 0 radical (unpaired) electrons. The van der Waals surface area contributed by atoms with Crippen LogP contribution in [-0.4, -0.2) is 38.1 Å². The zero-order valence-electron chi connectivity index (χ0n) is 10.6. The number of hydrogen-bond donors (Lipinski definition) is 1. The first kappa shape index (κ1) is 14.0. The summed E-state index contributed by atoms with van der Waals surface area (Å²) < 4.78 is 25.9. The topological polar surface area (TPSA) is 49.4 Å². The molecule has 0 spiro atoms. The summed E-state index contributed by atoms with van der Waals surface area (Å²) >= 11 is 1.59. The van der Waals surface area contributed by atoms with E-state index in [4.69, 9.17) is 0 Å². The van der Waals surface area contributed by atoms with Crippen LogP contribution in [0.15, 0.2) is 17.5 Å². The predicted octanol–water partition coefficient (Wildman–Crippen LogP) is 1.65. The summed E-state index contributed by atoms with van der Waals surface area (Å²) in [5.74, 6) is 0.217. The standard InChI is InChI=1S/C12H20N2O2S2/c1-14(9-12-6-4-8-17-12)18(15,16)10-11-5-2-3-7-13-11/h4,6,8,11,13H,2-3,5,7,9-10H2,1H3. The molecule has 1 aliphatic rings. The van der Waals surface area contributed by atoms with Crippen molar-refractivity contribution < 1.29 is 8.42 Å². The lowest BCUT2D eigenvalue weighted by molar-refractivity contribution is 0.408. The van der Waals surface area contributed by atoms with E-state index in [0.29, 0.717) is 6.54 Å². The molecule has 0 aliphatic carbocycles. The molecule has 2 heterocycles. The molecule has 6 heteroatoms. The highest BCUT2D eigenvalue weighted by atomic mass is 32.2. The van der Waals surface area contributed by atoms with Gasteiger partial charge in [-0.3, -0.25) is 0 Å². The fraction of sp³-hybridized carbons (Fsp3) is 0.667. The lowest BCUT2D eigenvalue weighted by Gasteiger charge is -2.25. The maximum absolute atomic E-state index is 12.2. The Morgan fingerprint density at radius 1 is 1.50 bits per heavy atom. The van der Waals surface area contributed by atoms with Gasteiger partial charge < -0.3 is 5.32 Å². The zero-order chi connectivity index (χ0) is 13.0. The van der Waals surface area contributed by atoms with Crippen molar-refractivity contribution in [1.82, 2.24) is 9.62 Å². The quantitative estimate of drug-likeness (QED) is 0.896. The van der Waals surface area contributed by atoms with E-state index in [1.807, 2.05) is 17.5 Å². The smallest absolute Gasteiger partial charge is 0.215 e. The molecule has 1 aromatic heterocycles. The molecule has 1 N–H and O–H groups in total. The van der Waals surface area contributed by atoms with Crippen LogP contribution in [0.3, 0.4) is 0 Å². The van der Waals surface area contributed by atoms with E-state index in [9.17, 15) is 8.42 Å². The third kappa shape index (κ3) is 3.78. The molecular formula is C12H20N2O2S2. The lowest BCUT2D eigenvalue weighted by Crippen LogP contribution is -2.42. The summed E-state index contributed by atoms with van der Waals surface area (Å²) in [6, 6.07) is 4.04. The number of thiophene rings is 1. The molecule has 1 fully saturated rings. The molecule has 1 aromatic rings. The summed E-state index contributed by atoms with van der Waals surface area (Å²) in [7, 11) is -1.49. The number of nitrogens with zero attached hydrogens (tertiary/aromatic N) is 1. The van der Waals surface area contributed by atoms with E-state index in [1.165, 1.54) is 4.31 Å². The Morgan fingerprint density at radius 2 is 2.33 bits per heavy atom. The van der Waals surface area contributed by atoms with Crippen molar-refractivity contribution in [3.8, 4) is 0 Å². The normalized spacial score (nSPS) is 21.3. The zero-order valence-corrected chi connectivity index (χ0v) is 12.3. The molecule has 1 atom stereocenters. The van der Waals surface area contributed by atoms with Crippen molar-refractivity contribution in [2.75, 3.05) is 19.3 Å². The van der Waals surface area contributed by atoms with Crippen molar-refractivity contribution in [2.45, 2.75) is 31.8 Å². The molecule has 1 saturated heterocycles. The van der Waals surface area contributed by atoms with Crippen molar-refractivity contribution >= 4 is 21.4 Å². The van der Waals surface area contributed by atoms with Crippen LogP contribution in [0.2, 0.25) is 0 Å². The van der Waals surface area contributed by atoms with Gasteiger partial charge in [0.25, 0.3) is 0 Å². The fourth-order valence-corrected chi connectivity index (χ4v) is 4.39. The molecule has 0 aromatic carbocycles. The van der Waals surface area contributed by atoms with E-state index >= 15 is 0 Å². The van der Waals surface area contributed by atoms with Crippen molar-refractivity contribution in [1.29, 1.82) is 0 Å². The van der Waals surface area contributed by atoms with Gasteiger partial charge in [-0.05, 0) is 30.8 Å². The first-order chi connectivity index (χ1) is 8.58. The van der Waals surface area contributed by atoms with E-state index < -0.39 is 10.0 Å². The van der Waals surface area contributed by atoms with Crippen LogP contribution in [0.25, 0.3) is 0 Å². The summed E-state index contributed by atoms with van der Waals surface area (Å²) in [4.78, 5) is 1.08. The Labute approximate surface area is 113 Å². The van der Waals surface area contributed by atoms with Crippen molar-refractivity contribution in [3.63, 3.8) is 0 Å². The fourth-order valence-electron chi connectivity index (χ4n) is 2.17. The summed E-state index contributed by atoms with van der Waals surface area (Å²) in [6.45, 7) is 1.42. The molecular weight excluding hydrogens is 268 g/mol. The first-order valence-corrected chi connectivity index (χ1v) is 8.76. The highest BCUT2D eigenvalue weighted by molar-refractivity contribution is 7.89. The van der Waals surface area contributed by atoms with Gasteiger partial charge in [-0.25, -0.2) is 8.42 Å². The molecule has 0 bridgehead atoms. The minimum absolute atomic E-state index is 0.120. The Bertz CT molecular complexity index is 450. The average molecular weight is 288 g/mol. The highest BCUT2D eigenvalue weighted by Gasteiger charge is 2.24. The van der Waals surface area contributed by atoms with Crippen LogP contribution >= 0.6 is 11.3 Å². The summed E-state index contributed by atoms with van der Waals surface area (Å²) in [5, 5.41) is 5.26. The number of hydrogen-bond acceptors (Lipinski definition) is 4. The van der Waals surface area contributed by atoms with E-state index in [-0.39, 0.29) is 11.8 Å². The van der Waals surface area contributed by atoms with Crippen LogP contribution in [0.5, 0.6) is 0 Å². The summed E-state index contributed by atoms with van der Waals surface area (Å²) in [6.07, 6.45) is 3.25. The van der Waals surface area contributed by atoms with Gasteiger partial charge in [-0.1, -0.05) is 12.5 Å². The van der Waals surface area contributed by atoms with Crippen LogP contribution in [-0.2, 0) is 16.6 Å². The van der Waals surface area contributed by atoms with Crippen molar-refractivity contribution in [2.24, 2.45) is 0 Å². The highest BCUT2D eigenvalue weighted by Crippen LogP contribution is 2.15. The van der Waals surface area contributed by atoms with Gasteiger partial charge in [0.1, 0.15) is 0 Å². The van der Waals surface area contributed by atoms with Gasteiger partial charge in [0.05, 0.1) is 5.75 Å². The molecule has 4 nitrogen and oxygen atoms in total. The average Bonchev–Trinajstić information content (AvgIpc) is 2.82. The minimum atomic E-state index is -3.16. The molecule has 0 saturated carbocycles. The van der Waals surface area contributed by atoms with Crippen LogP contribution in [0.1, 0.15) is 24.1 Å². The van der Waals surface area contributed by atoms with Crippen LogP contribution in [0.4, 0.5) is 0 Å². The van der Waals surface area contributed by atoms with Gasteiger partial charge in [0.15, 0.2) is 0 Å². The maximum Gasteiger partial charge on any atom is 0.215 e. The molecule has 102 valence electrons. The second-order valence-corrected chi connectivity index (χ2v) is 7.91. The van der Waals surface area contributed by atoms with E-state index in [0.717, 1.165) is 30.7 Å². The van der Waals surface area contributed by atoms with Gasteiger partial charge in [-0.15, -0.1) is 11.3 Å². The minimum Gasteiger partial charge on any atom is -0.313 e. The molecule has 2 rings (SSSR count). The van der Waals surface area contributed by atoms with Gasteiger partial charge in [-0.2, -0.15) is 4.31 Å². The predicted molar refractivity (Wildman–Crippen MR) is 75.2 cm³/mol. The monoisotopic (exact) mass is 288 g/mol. The number of nitrogens with one attached hydrogen (secondary N) is 1. The number of rotatable bonds is 5. The Balaban J connectivity index is 1.92. The van der Waals surface area contributed by atoms with Gasteiger partial charge in [0.2, 0.25) is 10.0 Å². The third-order valence-corrected chi connectivity index (χ3v) is 6.02. The third-order valence-electron chi connectivity index (χ3n) is 3.26. The van der Waals surface area contributed by atoms with E-state index in [1.54, 1.807) is 18.4 Å². The number of piperidine rings is 1. The second kappa shape index (κ2) is 6.14. The summed E-state index contributed by atoms with van der Waals surface area (Å²) in [5.41, 5.74) is 0. The molecule has 0 amide bonds. The van der Waals surface area contributed by atoms with Crippen LogP contribution in [0, 0.1) is 0 Å². The Hall–Kier alpha value is -0.430.